The lowest BCUT2D eigenvalue weighted by Crippen LogP contribution is -2.35. The van der Waals surface area contributed by atoms with E-state index in [0.29, 0.717) is 48.8 Å². The quantitative estimate of drug-likeness (QED) is 0.403. The van der Waals surface area contributed by atoms with Gasteiger partial charge in [0, 0.05) is 38.1 Å². The van der Waals surface area contributed by atoms with Crippen molar-refractivity contribution in [3.63, 3.8) is 0 Å². The van der Waals surface area contributed by atoms with Gasteiger partial charge in [0.25, 0.3) is 11.8 Å². The predicted molar refractivity (Wildman–Crippen MR) is 122 cm³/mol. The van der Waals surface area contributed by atoms with Gasteiger partial charge < -0.3 is 14.4 Å². The molecule has 164 valence electrons. The van der Waals surface area contributed by atoms with Crippen LogP contribution in [0.25, 0.3) is 5.57 Å². The summed E-state index contributed by atoms with van der Waals surface area (Å²) >= 11 is 0. The highest BCUT2D eigenvalue weighted by molar-refractivity contribution is 6.37. The number of likely N-dealkylation sites (N-methyl/N-ethyl adjacent to an activating group) is 1. The number of unbranched alkanes of at least 4 members (excludes halogenated alkanes) is 1. The van der Waals surface area contributed by atoms with Crippen molar-refractivity contribution in [1.29, 1.82) is 0 Å². The van der Waals surface area contributed by atoms with Crippen molar-refractivity contribution < 1.29 is 19.1 Å². The molecule has 0 unspecified atom stereocenters. The Kier molecular flexibility index (Phi) is 7.84. The number of carbonyl (C=O) groups is 2. The van der Waals surface area contributed by atoms with Crippen molar-refractivity contribution in [3.05, 3.63) is 65.9 Å². The molecule has 0 N–H and O–H groups in total. The maximum Gasteiger partial charge on any atom is 0.278 e. The van der Waals surface area contributed by atoms with Gasteiger partial charge in [0.1, 0.15) is 11.4 Å². The molecule has 1 heterocycles. The fourth-order valence-corrected chi connectivity index (χ4v) is 3.63. The minimum Gasteiger partial charge on any atom is -0.496 e. The highest BCUT2D eigenvalue weighted by Gasteiger charge is 2.41. The zero-order valence-corrected chi connectivity index (χ0v) is 18.5. The van der Waals surface area contributed by atoms with E-state index >= 15 is 0 Å². The first kappa shape index (κ1) is 22.6. The van der Waals surface area contributed by atoms with E-state index in [1.54, 1.807) is 18.1 Å². The van der Waals surface area contributed by atoms with Crippen LogP contribution in [-0.4, -0.2) is 50.6 Å². The monoisotopic (exact) mass is 422 g/mol. The van der Waals surface area contributed by atoms with E-state index < -0.39 is 0 Å². The Morgan fingerprint density at radius 2 is 1.58 bits per heavy atom. The summed E-state index contributed by atoms with van der Waals surface area (Å²) in [6.07, 6.45) is 2.68. The topological polar surface area (TPSA) is 59.1 Å². The minimum absolute atomic E-state index is 0.300. The molecule has 0 atom stereocenters. The molecule has 2 amide bonds. The summed E-state index contributed by atoms with van der Waals surface area (Å²) in [7, 11) is 3.37. The summed E-state index contributed by atoms with van der Waals surface area (Å²) in [6, 6.07) is 16.8. The molecule has 0 aromatic heterocycles. The van der Waals surface area contributed by atoms with Gasteiger partial charge in [0.15, 0.2) is 0 Å². The highest BCUT2D eigenvalue weighted by Crippen LogP contribution is 2.37. The number of nitrogens with zero attached hydrogens (tertiary/aromatic N) is 2. The van der Waals surface area contributed by atoms with Crippen molar-refractivity contribution in [2.45, 2.75) is 26.2 Å². The normalized spacial score (nSPS) is 13.8. The molecule has 1 aliphatic heterocycles. The molecule has 0 spiro atoms. The van der Waals surface area contributed by atoms with Crippen LogP contribution in [0.15, 0.2) is 60.3 Å². The lowest BCUT2D eigenvalue weighted by molar-refractivity contribution is -0.137. The van der Waals surface area contributed by atoms with Crippen LogP contribution < -0.4 is 9.64 Å². The average molecular weight is 423 g/mol. The number of ether oxygens (including phenoxy) is 2. The van der Waals surface area contributed by atoms with E-state index in [4.69, 9.17) is 9.47 Å². The SMILES string of the molecule is CCCCOCCCN1C(=O)C(c2ccccc2OC)=C(N(C)c2ccccc2)C1=O. The van der Waals surface area contributed by atoms with Gasteiger partial charge in [-0.2, -0.15) is 0 Å². The molecule has 2 aromatic rings. The first-order valence-electron chi connectivity index (χ1n) is 10.7. The van der Waals surface area contributed by atoms with Crippen LogP contribution >= 0.6 is 0 Å². The third-order valence-electron chi connectivity index (χ3n) is 5.31. The predicted octanol–water partition coefficient (Wildman–Crippen LogP) is 4.12. The van der Waals surface area contributed by atoms with E-state index in [9.17, 15) is 9.59 Å². The van der Waals surface area contributed by atoms with Crippen LogP contribution in [0.3, 0.4) is 0 Å². The summed E-state index contributed by atoms with van der Waals surface area (Å²) in [5, 5.41) is 0. The number of para-hydroxylation sites is 2. The first-order chi connectivity index (χ1) is 15.1. The van der Waals surface area contributed by atoms with Gasteiger partial charge in [-0.25, -0.2) is 0 Å². The van der Waals surface area contributed by atoms with E-state index in [0.717, 1.165) is 18.5 Å². The molecule has 0 bridgehead atoms. The Labute approximate surface area is 184 Å². The molecule has 0 saturated carbocycles. The molecular formula is C25H30N2O4. The molecule has 6 heteroatoms. The third kappa shape index (κ3) is 4.97. The van der Waals surface area contributed by atoms with Crippen LogP contribution in [0, 0.1) is 0 Å². The average Bonchev–Trinajstić information content (AvgIpc) is 3.05. The standard InChI is InChI=1S/C25H30N2O4/c1-4-5-17-31-18-11-16-27-24(28)22(20-14-9-10-15-21(20)30-3)23(25(27)29)26(2)19-12-7-6-8-13-19/h6-10,12-15H,4-5,11,16-18H2,1-3H3. The summed E-state index contributed by atoms with van der Waals surface area (Å²) in [4.78, 5) is 29.9. The van der Waals surface area contributed by atoms with Crippen LogP contribution in [-0.2, 0) is 14.3 Å². The molecular weight excluding hydrogens is 392 g/mol. The van der Waals surface area contributed by atoms with Crippen LogP contribution in [0.4, 0.5) is 5.69 Å². The lowest BCUT2D eigenvalue weighted by Gasteiger charge is -2.21. The van der Waals surface area contributed by atoms with Crippen molar-refractivity contribution in [3.8, 4) is 5.75 Å². The van der Waals surface area contributed by atoms with Gasteiger partial charge in [-0.1, -0.05) is 49.7 Å². The number of carbonyl (C=O) groups excluding carboxylic acids is 2. The zero-order chi connectivity index (χ0) is 22.2. The Morgan fingerprint density at radius 1 is 0.903 bits per heavy atom. The molecule has 1 aliphatic rings. The first-order valence-corrected chi connectivity index (χ1v) is 10.7. The number of hydrogen-bond acceptors (Lipinski definition) is 5. The Morgan fingerprint density at radius 3 is 2.29 bits per heavy atom. The van der Waals surface area contributed by atoms with Gasteiger partial charge in [0.2, 0.25) is 0 Å². The van der Waals surface area contributed by atoms with Crippen molar-refractivity contribution in [1.82, 2.24) is 4.90 Å². The second-order valence-electron chi connectivity index (χ2n) is 7.40. The number of hydrogen-bond donors (Lipinski definition) is 0. The van der Waals surface area contributed by atoms with Gasteiger partial charge in [-0.3, -0.25) is 14.5 Å². The second kappa shape index (κ2) is 10.8. The van der Waals surface area contributed by atoms with Crippen LogP contribution in [0.5, 0.6) is 5.75 Å². The van der Waals surface area contributed by atoms with Gasteiger partial charge in [-0.05, 0) is 31.0 Å². The molecule has 0 radical (unpaired) electrons. The van der Waals surface area contributed by atoms with Crippen LogP contribution in [0.2, 0.25) is 0 Å². The molecule has 0 fully saturated rings. The molecule has 0 aliphatic carbocycles. The number of anilines is 1. The molecule has 31 heavy (non-hydrogen) atoms. The Bertz CT molecular complexity index is 940. The van der Waals surface area contributed by atoms with E-state index in [-0.39, 0.29) is 11.8 Å². The van der Waals surface area contributed by atoms with Gasteiger partial charge in [-0.15, -0.1) is 0 Å². The molecule has 0 saturated heterocycles. The maximum atomic E-state index is 13.4. The maximum absolute atomic E-state index is 13.4. The largest absolute Gasteiger partial charge is 0.496 e. The number of methoxy groups -OCH3 is 1. The smallest absolute Gasteiger partial charge is 0.278 e. The van der Waals surface area contributed by atoms with Gasteiger partial charge in [0.05, 0.1) is 12.7 Å². The van der Waals surface area contributed by atoms with Crippen molar-refractivity contribution >= 4 is 23.1 Å². The van der Waals surface area contributed by atoms with Crippen LogP contribution in [0.1, 0.15) is 31.7 Å². The molecule has 2 aromatic carbocycles. The summed E-state index contributed by atoms with van der Waals surface area (Å²) < 4.78 is 11.1. The summed E-state index contributed by atoms with van der Waals surface area (Å²) in [6.45, 7) is 3.64. The van der Waals surface area contributed by atoms with E-state index in [2.05, 4.69) is 6.92 Å². The minimum atomic E-state index is -0.305. The Hall–Kier alpha value is -3.12. The molecule has 6 nitrogen and oxygen atoms in total. The second-order valence-corrected chi connectivity index (χ2v) is 7.40. The Balaban J connectivity index is 1.92. The summed E-state index contributed by atoms with van der Waals surface area (Å²) in [5.41, 5.74) is 2.16. The van der Waals surface area contributed by atoms with Crippen molar-refractivity contribution in [2.75, 3.05) is 38.8 Å². The zero-order valence-electron chi connectivity index (χ0n) is 18.5. The number of imide groups is 1. The third-order valence-corrected chi connectivity index (χ3v) is 5.31. The number of rotatable bonds is 11. The van der Waals surface area contributed by atoms with Gasteiger partial charge >= 0.3 is 0 Å². The van der Waals surface area contributed by atoms with Crippen molar-refractivity contribution in [2.24, 2.45) is 0 Å². The fraction of sp³-hybridized carbons (Fsp3) is 0.360. The number of amides is 2. The number of benzene rings is 2. The lowest BCUT2D eigenvalue weighted by atomic mass is 10.0. The van der Waals surface area contributed by atoms with E-state index in [1.165, 1.54) is 4.90 Å². The fourth-order valence-electron chi connectivity index (χ4n) is 3.63. The van der Waals surface area contributed by atoms with E-state index in [1.807, 2.05) is 55.6 Å². The highest BCUT2D eigenvalue weighted by atomic mass is 16.5. The summed E-state index contributed by atoms with van der Waals surface area (Å²) in [5.74, 6) is -0.0472. The molecule has 3 rings (SSSR count).